The number of epoxide rings is 1. The maximum Gasteiger partial charge on any atom is 0.416 e. The molecular formula is C16H19F3O3. The fourth-order valence-electron chi connectivity index (χ4n) is 2.81. The molecule has 1 aromatic rings. The van der Waals surface area contributed by atoms with Crippen LogP contribution >= 0.6 is 0 Å². The van der Waals surface area contributed by atoms with E-state index in [1.807, 2.05) is 6.92 Å². The van der Waals surface area contributed by atoms with Gasteiger partial charge >= 0.3 is 6.18 Å². The van der Waals surface area contributed by atoms with Crippen LogP contribution in [-0.4, -0.2) is 25.6 Å². The number of hydrogen-bond donors (Lipinski definition) is 0. The molecule has 0 saturated carbocycles. The highest BCUT2D eigenvalue weighted by atomic mass is 19.4. The predicted molar refractivity (Wildman–Crippen MR) is 73.2 cm³/mol. The highest BCUT2D eigenvalue weighted by Crippen LogP contribution is 2.44. The summed E-state index contributed by atoms with van der Waals surface area (Å²) in [6.45, 7) is 3.01. The quantitative estimate of drug-likeness (QED) is 0.790. The van der Waals surface area contributed by atoms with E-state index in [4.69, 9.17) is 14.2 Å². The molecular weight excluding hydrogens is 297 g/mol. The number of hydrogen-bond acceptors (Lipinski definition) is 3. The lowest BCUT2D eigenvalue weighted by atomic mass is 9.94. The maximum absolute atomic E-state index is 12.6. The van der Waals surface area contributed by atoms with Crippen LogP contribution in [0.5, 0.6) is 0 Å². The van der Waals surface area contributed by atoms with Crippen molar-refractivity contribution in [2.45, 2.75) is 50.4 Å². The van der Waals surface area contributed by atoms with Crippen LogP contribution in [0, 0.1) is 0 Å². The Balaban J connectivity index is 1.69. The normalized spacial score (nSPS) is 30.1. The Morgan fingerprint density at radius 3 is 2.41 bits per heavy atom. The van der Waals surface area contributed by atoms with Gasteiger partial charge in [0.05, 0.1) is 18.3 Å². The Labute approximate surface area is 127 Å². The Hall–Kier alpha value is -1.11. The van der Waals surface area contributed by atoms with E-state index in [1.165, 1.54) is 12.1 Å². The van der Waals surface area contributed by atoms with Crippen molar-refractivity contribution >= 4 is 0 Å². The van der Waals surface area contributed by atoms with Crippen molar-refractivity contribution in [2.75, 3.05) is 13.2 Å². The summed E-state index contributed by atoms with van der Waals surface area (Å²) in [6, 6.07) is 5.11. The Bertz CT molecular complexity index is 502. The van der Waals surface area contributed by atoms with Gasteiger partial charge in [-0.25, -0.2) is 0 Å². The zero-order chi connectivity index (χ0) is 15.8. The zero-order valence-electron chi connectivity index (χ0n) is 12.4. The lowest BCUT2D eigenvalue weighted by molar-refractivity contribution is -0.197. The second-order valence-corrected chi connectivity index (χ2v) is 5.83. The SMILES string of the molecule is CC(OC1CCCCO1)C1(c2ccc(C(F)(F)F)cc2)CO1. The minimum Gasteiger partial charge on any atom is -0.362 e. The molecule has 2 aliphatic heterocycles. The van der Waals surface area contributed by atoms with E-state index in [1.54, 1.807) is 0 Å². The first-order valence-electron chi connectivity index (χ1n) is 7.50. The molecule has 0 radical (unpaired) electrons. The van der Waals surface area contributed by atoms with E-state index < -0.39 is 17.3 Å². The van der Waals surface area contributed by atoms with E-state index in [0.717, 1.165) is 31.4 Å². The van der Waals surface area contributed by atoms with Crippen molar-refractivity contribution in [3.8, 4) is 0 Å². The average Bonchev–Trinajstić information content (AvgIpc) is 3.29. The van der Waals surface area contributed by atoms with Crippen molar-refractivity contribution in [1.29, 1.82) is 0 Å². The first-order valence-corrected chi connectivity index (χ1v) is 7.50. The van der Waals surface area contributed by atoms with E-state index in [9.17, 15) is 13.2 Å². The zero-order valence-corrected chi connectivity index (χ0v) is 12.4. The molecule has 2 heterocycles. The highest BCUT2D eigenvalue weighted by Gasteiger charge is 2.53. The van der Waals surface area contributed by atoms with Crippen LogP contribution in [0.1, 0.15) is 37.3 Å². The summed E-state index contributed by atoms with van der Waals surface area (Å²) in [7, 11) is 0. The third-order valence-electron chi connectivity index (χ3n) is 4.31. The minimum absolute atomic E-state index is 0.251. The molecule has 3 nitrogen and oxygen atoms in total. The van der Waals surface area contributed by atoms with Gasteiger partial charge in [0.1, 0.15) is 5.60 Å². The molecule has 3 atom stereocenters. The van der Waals surface area contributed by atoms with Crippen LogP contribution in [0.3, 0.4) is 0 Å². The summed E-state index contributed by atoms with van der Waals surface area (Å²) in [5.74, 6) is 0. The summed E-state index contributed by atoms with van der Waals surface area (Å²) in [5.41, 5.74) is -0.592. The van der Waals surface area contributed by atoms with Crippen LogP contribution in [0.25, 0.3) is 0 Å². The third kappa shape index (κ3) is 3.14. The topological polar surface area (TPSA) is 31.0 Å². The molecule has 0 spiro atoms. The van der Waals surface area contributed by atoms with Crippen LogP contribution < -0.4 is 0 Å². The van der Waals surface area contributed by atoms with Gasteiger partial charge in [0.2, 0.25) is 0 Å². The van der Waals surface area contributed by atoms with Crippen LogP contribution in [-0.2, 0) is 26.0 Å². The van der Waals surface area contributed by atoms with Gasteiger partial charge in [-0.05, 0) is 43.9 Å². The Kier molecular flexibility index (Phi) is 4.18. The number of halogens is 3. The van der Waals surface area contributed by atoms with E-state index in [0.29, 0.717) is 18.8 Å². The van der Waals surface area contributed by atoms with Gasteiger partial charge in [-0.1, -0.05) is 12.1 Å². The van der Waals surface area contributed by atoms with Gasteiger partial charge in [-0.2, -0.15) is 13.2 Å². The van der Waals surface area contributed by atoms with Gasteiger partial charge < -0.3 is 14.2 Å². The van der Waals surface area contributed by atoms with Crippen molar-refractivity contribution in [1.82, 2.24) is 0 Å². The van der Waals surface area contributed by atoms with Crippen LogP contribution in [0.4, 0.5) is 13.2 Å². The van der Waals surface area contributed by atoms with Crippen molar-refractivity contribution in [3.05, 3.63) is 35.4 Å². The van der Waals surface area contributed by atoms with Gasteiger partial charge in [0.25, 0.3) is 0 Å². The molecule has 1 aromatic carbocycles. The van der Waals surface area contributed by atoms with Gasteiger partial charge in [0.15, 0.2) is 6.29 Å². The van der Waals surface area contributed by atoms with Crippen LogP contribution in [0.15, 0.2) is 24.3 Å². The summed E-state index contributed by atoms with van der Waals surface area (Å²) in [4.78, 5) is 0. The smallest absolute Gasteiger partial charge is 0.362 e. The molecule has 122 valence electrons. The highest BCUT2D eigenvalue weighted by molar-refractivity contribution is 5.32. The first-order chi connectivity index (χ1) is 10.4. The summed E-state index contributed by atoms with van der Waals surface area (Å²) in [5, 5.41) is 0. The summed E-state index contributed by atoms with van der Waals surface area (Å²) >= 11 is 0. The molecule has 0 N–H and O–H groups in total. The van der Waals surface area contributed by atoms with Crippen molar-refractivity contribution < 1.29 is 27.4 Å². The van der Waals surface area contributed by atoms with Gasteiger partial charge in [0, 0.05) is 6.61 Å². The molecule has 0 amide bonds. The predicted octanol–water partition coefficient (Wildman–Crippen LogP) is 3.86. The molecule has 2 aliphatic rings. The number of benzene rings is 1. The molecule has 22 heavy (non-hydrogen) atoms. The average molecular weight is 316 g/mol. The largest absolute Gasteiger partial charge is 0.416 e. The summed E-state index contributed by atoms with van der Waals surface area (Å²) in [6.07, 6.45) is -1.91. The Morgan fingerprint density at radius 1 is 1.23 bits per heavy atom. The lowest BCUT2D eigenvalue weighted by Crippen LogP contribution is -2.34. The molecule has 0 aromatic heterocycles. The van der Waals surface area contributed by atoms with Crippen molar-refractivity contribution in [3.63, 3.8) is 0 Å². The number of rotatable bonds is 4. The Morgan fingerprint density at radius 2 is 1.91 bits per heavy atom. The van der Waals surface area contributed by atoms with Crippen molar-refractivity contribution in [2.24, 2.45) is 0 Å². The molecule has 3 rings (SSSR count). The molecule has 3 unspecified atom stereocenters. The molecule has 2 saturated heterocycles. The molecule has 0 bridgehead atoms. The molecule has 2 fully saturated rings. The minimum atomic E-state index is -4.33. The fraction of sp³-hybridized carbons (Fsp3) is 0.625. The lowest BCUT2D eigenvalue weighted by Gasteiger charge is -2.29. The van der Waals surface area contributed by atoms with E-state index in [-0.39, 0.29) is 12.4 Å². The number of alkyl halides is 3. The maximum atomic E-state index is 12.6. The fourth-order valence-corrected chi connectivity index (χ4v) is 2.81. The van der Waals surface area contributed by atoms with E-state index in [2.05, 4.69) is 0 Å². The third-order valence-corrected chi connectivity index (χ3v) is 4.31. The molecule has 6 heteroatoms. The first kappa shape index (κ1) is 15.8. The van der Waals surface area contributed by atoms with Crippen LogP contribution in [0.2, 0.25) is 0 Å². The van der Waals surface area contributed by atoms with Gasteiger partial charge in [-0.3, -0.25) is 0 Å². The monoisotopic (exact) mass is 316 g/mol. The second-order valence-electron chi connectivity index (χ2n) is 5.83. The number of ether oxygens (including phenoxy) is 3. The van der Waals surface area contributed by atoms with Gasteiger partial charge in [-0.15, -0.1) is 0 Å². The molecule has 0 aliphatic carbocycles. The second kappa shape index (κ2) is 5.83. The summed E-state index contributed by atoms with van der Waals surface area (Å²) < 4.78 is 54.9. The standard InChI is InChI=1S/C16H19F3O3/c1-11(22-14-4-2-3-9-20-14)15(10-21-15)12-5-7-13(8-6-12)16(17,18)19/h5-8,11,14H,2-4,9-10H2,1H3. The van der Waals surface area contributed by atoms with E-state index >= 15 is 0 Å².